The Morgan fingerprint density at radius 3 is 2.38 bits per heavy atom. The highest BCUT2D eigenvalue weighted by molar-refractivity contribution is 6.13. The molecule has 0 atom stereocenters. The summed E-state index contributed by atoms with van der Waals surface area (Å²) in [4.78, 5) is 26.6. The number of ether oxygens (including phenoxy) is 1. The van der Waals surface area contributed by atoms with E-state index >= 15 is 0 Å². The molecule has 2 aromatic heterocycles. The number of aromatic carboxylic acids is 1. The summed E-state index contributed by atoms with van der Waals surface area (Å²) in [5.74, 6) is 0.208. The molecule has 2 aromatic carbocycles. The molecule has 2 N–H and O–H groups in total. The molecule has 144 valence electrons. The third kappa shape index (κ3) is 3.66. The summed E-state index contributed by atoms with van der Waals surface area (Å²) in [6, 6.07) is 17.8. The van der Waals surface area contributed by atoms with Crippen LogP contribution in [0.2, 0.25) is 0 Å². The third-order valence-electron chi connectivity index (χ3n) is 4.37. The molecule has 0 saturated heterocycles. The average Bonchev–Trinajstić information content (AvgIpc) is 3.36. The van der Waals surface area contributed by atoms with E-state index in [1.54, 1.807) is 31.2 Å². The zero-order valence-corrected chi connectivity index (χ0v) is 15.4. The molecule has 0 unspecified atom stereocenters. The number of nitrogens with one attached hydrogen (secondary N) is 1. The Kier molecular flexibility index (Phi) is 4.70. The van der Waals surface area contributed by atoms with Crippen LogP contribution in [0.25, 0.3) is 11.3 Å². The monoisotopic (exact) mass is 388 g/mol. The van der Waals surface area contributed by atoms with E-state index in [2.05, 4.69) is 10.1 Å². The molecule has 29 heavy (non-hydrogen) atoms. The number of benzene rings is 2. The van der Waals surface area contributed by atoms with Gasteiger partial charge in [-0.25, -0.2) is 4.79 Å². The van der Waals surface area contributed by atoms with Crippen LogP contribution in [0, 0.1) is 6.92 Å². The Hall–Kier alpha value is -4.13. The van der Waals surface area contributed by atoms with Crippen LogP contribution in [0.15, 0.2) is 71.4 Å². The number of aromatic amines is 1. The van der Waals surface area contributed by atoms with Gasteiger partial charge in [-0.2, -0.15) is 0 Å². The van der Waals surface area contributed by atoms with Gasteiger partial charge in [0.1, 0.15) is 28.6 Å². The first-order chi connectivity index (χ1) is 14.0. The van der Waals surface area contributed by atoms with Crippen molar-refractivity contribution in [2.45, 2.75) is 6.92 Å². The standard InChI is InChI=1S/C22H16N2O5/c1-13-19(21(25)15-11-18(22(26)27)23-12-15)20(24-29-13)14-7-9-17(10-8-14)28-16-5-3-2-4-6-16/h2-12,23H,1H3,(H,26,27). The molecule has 7 heteroatoms. The summed E-state index contributed by atoms with van der Waals surface area (Å²) in [5, 5.41) is 13.1. The SMILES string of the molecule is Cc1onc(-c2ccc(Oc3ccccc3)cc2)c1C(=O)c1c[nH]c(C(=O)O)c1. The van der Waals surface area contributed by atoms with Crippen molar-refractivity contribution in [1.29, 1.82) is 0 Å². The molecular weight excluding hydrogens is 372 g/mol. The number of hydrogen-bond donors (Lipinski definition) is 2. The van der Waals surface area contributed by atoms with Crippen molar-refractivity contribution in [3.05, 3.63) is 89.4 Å². The van der Waals surface area contributed by atoms with Gasteiger partial charge < -0.3 is 19.4 Å². The van der Waals surface area contributed by atoms with Crippen LogP contribution in [-0.2, 0) is 0 Å². The largest absolute Gasteiger partial charge is 0.477 e. The number of para-hydroxylation sites is 1. The average molecular weight is 388 g/mol. The second kappa shape index (κ2) is 7.47. The van der Waals surface area contributed by atoms with Crippen molar-refractivity contribution < 1.29 is 24.0 Å². The summed E-state index contributed by atoms with van der Waals surface area (Å²) in [6.07, 6.45) is 1.36. The normalized spacial score (nSPS) is 10.7. The maximum Gasteiger partial charge on any atom is 0.352 e. The Morgan fingerprint density at radius 1 is 1.03 bits per heavy atom. The van der Waals surface area contributed by atoms with E-state index in [0.29, 0.717) is 22.8 Å². The zero-order valence-electron chi connectivity index (χ0n) is 15.4. The lowest BCUT2D eigenvalue weighted by Gasteiger charge is -2.06. The Labute approximate surface area is 165 Å². The van der Waals surface area contributed by atoms with Gasteiger partial charge in [-0.1, -0.05) is 23.4 Å². The Bertz CT molecular complexity index is 1170. The summed E-state index contributed by atoms with van der Waals surface area (Å²) < 4.78 is 11.0. The van der Waals surface area contributed by atoms with E-state index < -0.39 is 5.97 Å². The van der Waals surface area contributed by atoms with Crippen molar-refractivity contribution in [3.63, 3.8) is 0 Å². The number of hydrogen-bond acceptors (Lipinski definition) is 5. The van der Waals surface area contributed by atoms with Gasteiger partial charge in [0.2, 0.25) is 0 Å². The first-order valence-corrected chi connectivity index (χ1v) is 8.79. The molecule has 2 heterocycles. The molecule has 0 aliphatic carbocycles. The van der Waals surface area contributed by atoms with E-state index in [9.17, 15) is 9.59 Å². The van der Waals surface area contributed by atoms with Crippen molar-refractivity contribution in [2.75, 3.05) is 0 Å². The summed E-state index contributed by atoms with van der Waals surface area (Å²) in [7, 11) is 0. The van der Waals surface area contributed by atoms with E-state index in [1.807, 2.05) is 30.3 Å². The second-order valence-corrected chi connectivity index (χ2v) is 6.34. The summed E-state index contributed by atoms with van der Waals surface area (Å²) >= 11 is 0. The number of carbonyl (C=O) groups excluding carboxylic acids is 1. The number of rotatable bonds is 6. The van der Waals surface area contributed by atoms with Crippen LogP contribution in [0.3, 0.4) is 0 Å². The summed E-state index contributed by atoms with van der Waals surface area (Å²) in [5.41, 5.74) is 1.51. The van der Waals surface area contributed by atoms with Crippen LogP contribution in [0.5, 0.6) is 11.5 Å². The van der Waals surface area contributed by atoms with Crippen LogP contribution < -0.4 is 4.74 Å². The fraction of sp³-hybridized carbons (Fsp3) is 0.0455. The van der Waals surface area contributed by atoms with E-state index in [-0.39, 0.29) is 22.6 Å². The van der Waals surface area contributed by atoms with Gasteiger partial charge in [0, 0.05) is 17.3 Å². The number of ketones is 1. The van der Waals surface area contributed by atoms with Crippen LogP contribution in [0.1, 0.15) is 32.2 Å². The minimum atomic E-state index is -1.14. The molecule has 0 amide bonds. The van der Waals surface area contributed by atoms with Crippen LogP contribution in [-0.4, -0.2) is 27.0 Å². The smallest absolute Gasteiger partial charge is 0.352 e. The van der Waals surface area contributed by atoms with E-state index in [1.165, 1.54) is 12.3 Å². The fourth-order valence-corrected chi connectivity index (χ4v) is 2.94. The number of carboxylic acids is 1. The lowest BCUT2D eigenvalue weighted by Crippen LogP contribution is -2.03. The number of H-pyrrole nitrogens is 1. The van der Waals surface area contributed by atoms with Gasteiger partial charge >= 0.3 is 5.97 Å². The molecule has 0 fully saturated rings. The number of carboxylic acid groups (broad SMARTS) is 1. The maximum atomic E-state index is 12.9. The topological polar surface area (TPSA) is 105 Å². The minimum absolute atomic E-state index is 0.0635. The Morgan fingerprint density at radius 2 is 1.72 bits per heavy atom. The quantitative estimate of drug-likeness (QED) is 0.464. The van der Waals surface area contributed by atoms with Gasteiger partial charge in [-0.3, -0.25) is 4.79 Å². The van der Waals surface area contributed by atoms with Crippen molar-refractivity contribution >= 4 is 11.8 Å². The molecule has 7 nitrogen and oxygen atoms in total. The molecule has 0 bridgehead atoms. The number of carbonyl (C=O) groups is 2. The predicted molar refractivity (Wildman–Crippen MR) is 104 cm³/mol. The van der Waals surface area contributed by atoms with Gasteiger partial charge in [0.25, 0.3) is 0 Å². The van der Waals surface area contributed by atoms with Crippen molar-refractivity contribution in [1.82, 2.24) is 10.1 Å². The lowest BCUT2D eigenvalue weighted by atomic mass is 9.99. The first-order valence-electron chi connectivity index (χ1n) is 8.79. The molecule has 0 aliphatic rings. The lowest BCUT2D eigenvalue weighted by molar-refractivity contribution is 0.0691. The predicted octanol–water partition coefficient (Wildman–Crippen LogP) is 4.70. The maximum absolute atomic E-state index is 12.9. The number of aromatic nitrogens is 2. The molecule has 4 rings (SSSR count). The molecule has 0 saturated carbocycles. The van der Waals surface area contributed by atoms with Gasteiger partial charge in [-0.15, -0.1) is 0 Å². The molecule has 0 spiro atoms. The van der Waals surface area contributed by atoms with Crippen molar-refractivity contribution in [3.8, 4) is 22.8 Å². The Balaban J connectivity index is 1.62. The highest BCUT2D eigenvalue weighted by atomic mass is 16.5. The molecule has 0 radical (unpaired) electrons. The third-order valence-corrected chi connectivity index (χ3v) is 4.37. The molecule has 0 aliphatic heterocycles. The zero-order chi connectivity index (χ0) is 20.4. The highest BCUT2D eigenvalue weighted by Gasteiger charge is 2.24. The molecular formula is C22H16N2O5. The van der Waals surface area contributed by atoms with Crippen LogP contribution >= 0.6 is 0 Å². The number of nitrogens with zero attached hydrogens (tertiary/aromatic N) is 1. The van der Waals surface area contributed by atoms with E-state index in [0.717, 1.165) is 5.75 Å². The van der Waals surface area contributed by atoms with Crippen molar-refractivity contribution in [2.24, 2.45) is 0 Å². The van der Waals surface area contributed by atoms with Gasteiger partial charge in [0.05, 0.1) is 5.56 Å². The second-order valence-electron chi connectivity index (χ2n) is 6.34. The van der Waals surface area contributed by atoms with E-state index in [4.69, 9.17) is 14.4 Å². The van der Waals surface area contributed by atoms with Gasteiger partial charge in [-0.05, 0) is 49.4 Å². The first kappa shape index (κ1) is 18.2. The fourth-order valence-electron chi connectivity index (χ4n) is 2.94. The van der Waals surface area contributed by atoms with Gasteiger partial charge in [0.15, 0.2) is 5.78 Å². The summed E-state index contributed by atoms with van der Waals surface area (Å²) in [6.45, 7) is 1.64. The van der Waals surface area contributed by atoms with Crippen LogP contribution in [0.4, 0.5) is 0 Å². The minimum Gasteiger partial charge on any atom is -0.477 e. The molecule has 4 aromatic rings. The number of aryl methyl sites for hydroxylation is 1. The highest BCUT2D eigenvalue weighted by Crippen LogP contribution is 2.30.